The van der Waals surface area contributed by atoms with Gasteiger partial charge in [0.25, 0.3) is 5.56 Å². The van der Waals surface area contributed by atoms with E-state index in [1.807, 2.05) is 24.3 Å². The zero-order valence-electron chi connectivity index (χ0n) is 13.6. The van der Waals surface area contributed by atoms with Gasteiger partial charge in [-0.25, -0.2) is 4.68 Å². The van der Waals surface area contributed by atoms with Crippen LogP contribution in [0.15, 0.2) is 41.2 Å². The number of benzene rings is 1. The molecule has 1 saturated heterocycles. The summed E-state index contributed by atoms with van der Waals surface area (Å²) in [6, 6.07) is 11.1. The Morgan fingerprint density at radius 3 is 2.70 bits per heavy atom. The van der Waals surface area contributed by atoms with E-state index in [1.54, 1.807) is 23.9 Å². The van der Waals surface area contributed by atoms with E-state index in [0.29, 0.717) is 6.54 Å². The summed E-state index contributed by atoms with van der Waals surface area (Å²) in [4.78, 5) is 14.5. The molecule has 1 aromatic carbocycles. The van der Waals surface area contributed by atoms with Crippen LogP contribution in [0.4, 0.5) is 0 Å². The van der Waals surface area contributed by atoms with Crippen molar-refractivity contribution < 1.29 is 4.74 Å². The second-order valence-corrected chi connectivity index (χ2v) is 5.91. The van der Waals surface area contributed by atoms with Gasteiger partial charge < -0.3 is 9.64 Å². The molecule has 0 saturated carbocycles. The molecular formula is C18H23N3O2. The van der Waals surface area contributed by atoms with Gasteiger partial charge in [-0.1, -0.05) is 18.6 Å². The molecule has 2 heterocycles. The van der Waals surface area contributed by atoms with Gasteiger partial charge in [-0.2, -0.15) is 5.10 Å². The average molecular weight is 313 g/mol. The number of nitrogens with zero attached hydrogens (tertiary/aromatic N) is 3. The zero-order chi connectivity index (χ0) is 16.1. The summed E-state index contributed by atoms with van der Waals surface area (Å²) in [6.45, 7) is 3.78. The Labute approximate surface area is 136 Å². The fourth-order valence-corrected chi connectivity index (χ4v) is 2.96. The molecule has 0 unspecified atom stereocenters. The summed E-state index contributed by atoms with van der Waals surface area (Å²) >= 11 is 0. The van der Waals surface area contributed by atoms with Crippen molar-refractivity contribution in [1.82, 2.24) is 14.7 Å². The van der Waals surface area contributed by atoms with Crippen molar-refractivity contribution in [1.29, 1.82) is 0 Å². The highest BCUT2D eigenvalue weighted by molar-refractivity contribution is 5.60. The highest BCUT2D eigenvalue weighted by Crippen LogP contribution is 2.21. The SMILES string of the molecule is COc1cccc(-c2ccc(=O)n(CCN3CCCCC3)n2)c1. The predicted molar refractivity (Wildman–Crippen MR) is 90.8 cm³/mol. The summed E-state index contributed by atoms with van der Waals surface area (Å²) in [7, 11) is 1.64. The average Bonchev–Trinajstić information content (AvgIpc) is 2.62. The van der Waals surface area contributed by atoms with Gasteiger partial charge in [0, 0.05) is 18.2 Å². The Balaban J connectivity index is 1.76. The third-order valence-electron chi connectivity index (χ3n) is 4.31. The summed E-state index contributed by atoms with van der Waals surface area (Å²) in [5, 5.41) is 4.52. The van der Waals surface area contributed by atoms with Crippen molar-refractivity contribution in [3.63, 3.8) is 0 Å². The summed E-state index contributed by atoms with van der Waals surface area (Å²) < 4.78 is 6.83. The van der Waals surface area contributed by atoms with E-state index >= 15 is 0 Å². The molecule has 0 aliphatic carbocycles. The molecule has 1 aliphatic heterocycles. The van der Waals surface area contributed by atoms with Crippen LogP contribution in [0.2, 0.25) is 0 Å². The second kappa shape index (κ2) is 7.42. The first-order valence-corrected chi connectivity index (χ1v) is 8.21. The molecule has 23 heavy (non-hydrogen) atoms. The van der Waals surface area contributed by atoms with E-state index in [1.165, 1.54) is 19.3 Å². The molecule has 2 aromatic rings. The third kappa shape index (κ3) is 3.99. The lowest BCUT2D eigenvalue weighted by Gasteiger charge is -2.26. The molecule has 5 heteroatoms. The van der Waals surface area contributed by atoms with Crippen molar-refractivity contribution in [2.24, 2.45) is 0 Å². The van der Waals surface area contributed by atoms with Crippen molar-refractivity contribution in [3.05, 3.63) is 46.8 Å². The van der Waals surface area contributed by atoms with Crippen LogP contribution in [-0.2, 0) is 6.54 Å². The molecule has 1 fully saturated rings. The monoisotopic (exact) mass is 313 g/mol. The van der Waals surface area contributed by atoms with E-state index in [-0.39, 0.29) is 5.56 Å². The molecule has 0 bridgehead atoms. The summed E-state index contributed by atoms with van der Waals surface area (Å²) in [5.41, 5.74) is 1.70. The predicted octanol–water partition coefficient (Wildman–Crippen LogP) is 2.40. The normalized spacial score (nSPS) is 15.5. The molecule has 0 amide bonds. The van der Waals surface area contributed by atoms with Crippen molar-refractivity contribution in [2.75, 3.05) is 26.7 Å². The van der Waals surface area contributed by atoms with E-state index in [4.69, 9.17) is 4.74 Å². The van der Waals surface area contributed by atoms with Crippen LogP contribution in [0, 0.1) is 0 Å². The van der Waals surface area contributed by atoms with Crippen molar-refractivity contribution in [2.45, 2.75) is 25.8 Å². The maximum atomic E-state index is 12.1. The van der Waals surface area contributed by atoms with Gasteiger partial charge in [-0.3, -0.25) is 4.79 Å². The Hall–Kier alpha value is -2.14. The number of likely N-dealkylation sites (tertiary alicyclic amines) is 1. The first-order chi connectivity index (χ1) is 11.3. The minimum Gasteiger partial charge on any atom is -0.497 e. The van der Waals surface area contributed by atoms with Gasteiger partial charge in [-0.15, -0.1) is 0 Å². The van der Waals surface area contributed by atoms with Crippen LogP contribution in [0.25, 0.3) is 11.3 Å². The van der Waals surface area contributed by atoms with E-state index in [2.05, 4.69) is 10.00 Å². The van der Waals surface area contributed by atoms with Crippen LogP contribution in [-0.4, -0.2) is 41.4 Å². The fraction of sp³-hybridized carbons (Fsp3) is 0.444. The lowest BCUT2D eigenvalue weighted by molar-refractivity contribution is 0.216. The van der Waals surface area contributed by atoms with Gasteiger partial charge in [0.1, 0.15) is 5.75 Å². The van der Waals surface area contributed by atoms with Crippen LogP contribution in [0.5, 0.6) is 5.75 Å². The Kier molecular flexibility index (Phi) is 5.08. The molecule has 0 N–H and O–H groups in total. The second-order valence-electron chi connectivity index (χ2n) is 5.91. The maximum absolute atomic E-state index is 12.1. The van der Waals surface area contributed by atoms with E-state index in [9.17, 15) is 4.79 Å². The smallest absolute Gasteiger partial charge is 0.266 e. The number of methoxy groups -OCH3 is 1. The largest absolute Gasteiger partial charge is 0.497 e. The standard InChI is InChI=1S/C18H23N3O2/c1-23-16-7-5-6-15(14-16)17-8-9-18(22)21(19-17)13-12-20-10-3-2-4-11-20/h5-9,14H,2-4,10-13H2,1H3. The Morgan fingerprint density at radius 2 is 1.91 bits per heavy atom. The molecular weight excluding hydrogens is 290 g/mol. The quantitative estimate of drug-likeness (QED) is 0.850. The number of hydrogen-bond acceptors (Lipinski definition) is 4. The van der Waals surface area contributed by atoms with Crippen molar-refractivity contribution >= 4 is 0 Å². The molecule has 1 aromatic heterocycles. The first-order valence-electron chi connectivity index (χ1n) is 8.21. The number of ether oxygens (including phenoxy) is 1. The zero-order valence-corrected chi connectivity index (χ0v) is 13.6. The van der Waals surface area contributed by atoms with E-state index in [0.717, 1.165) is 36.6 Å². The summed E-state index contributed by atoms with van der Waals surface area (Å²) in [6.07, 6.45) is 3.83. The molecule has 122 valence electrons. The van der Waals surface area contributed by atoms with Crippen LogP contribution < -0.4 is 10.3 Å². The number of aromatic nitrogens is 2. The fourth-order valence-electron chi connectivity index (χ4n) is 2.96. The van der Waals surface area contributed by atoms with Gasteiger partial charge in [-0.05, 0) is 44.1 Å². The molecule has 0 atom stereocenters. The summed E-state index contributed by atoms with van der Waals surface area (Å²) in [5.74, 6) is 0.787. The minimum atomic E-state index is -0.0475. The van der Waals surface area contributed by atoms with Gasteiger partial charge in [0.15, 0.2) is 0 Å². The molecule has 0 radical (unpaired) electrons. The maximum Gasteiger partial charge on any atom is 0.266 e. The molecule has 0 spiro atoms. The first kappa shape index (κ1) is 15.7. The van der Waals surface area contributed by atoms with Gasteiger partial charge >= 0.3 is 0 Å². The number of hydrogen-bond donors (Lipinski definition) is 0. The van der Waals surface area contributed by atoms with Crippen LogP contribution >= 0.6 is 0 Å². The number of rotatable bonds is 5. The highest BCUT2D eigenvalue weighted by Gasteiger charge is 2.11. The Bertz CT molecular complexity index is 705. The topological polar surface area (TPSA) is 47.4 Å². The van der Waals surface area contributed by atoms with Gasteiger partial charge in [0.05, 0.1) is 19.3 Å². The van der Waals surface area contributed by atoms with Gasteiger partial charge in [0.2, 0.25) is 0 Å². The molecule has 3 rings (SSSR count). The Morgan fingerprint density at radius 1 is 1.09 bits per heavy atom. The van der Waals surface area contributed by atoms with Crippen molar-refractivity contribution in [3.8, 4) is 17.0 Å². The van der Waals surface area contributed by atoms with Crippen LogP contribution in [0.1, 0.15) is 19.3 Å². The molecule has 1 aliphatic rings. The third-order valence-corrected chi connectivity index (χ3v) is 4.31. The lowest BCUT2D eigenvalue weighted by atomic mass is 10.1. The van der Waals surface area contributed by atoms with E-state index < -0.39 is 0 Å². The lowest BCUT2D eigenvalue weighted by Crippen LogP contribution is -2.35. The number of piperidine rings is 1. The van der Waals surface area contributed by atoms with Crippen LogP contribution in [0.3, 0.4) is 0 Å². The minimum absolute atomic E-state index is 0.0475. The highest BCUT2D eigenvalue weighted by atomic mass is 16.5. The molecule has 5 nitrogen and oxygen atoms in total.